The van der Waals surface area contributed by atoms with Crippen LogP contribution in [0.2, 0.25) is 0 Å². The Morgan fingerprint density at radius 3 is 3.12 bits per heavy atom. The van der Waals surface area contributed by atoms with Gasteiger partial charge in [-0.05, 0) is 31.8 Å². The number of hydrogen-bond acceptors (Lipinski definition) is 5. The Kier molecular flexibility index (Phi) is 3.84. The maximum absolute atomic E-state index is 11.7. The molecule has 1 fully saturated rings. The van der Waals surface area contributed by atoms with Gasteiger partial charge in [0.2, 0.25) is 11.0 Å². The SMILES string of the molecule is CCc1nnc(NC(=O)CC2CCNC2)s1. The highest BCUT2D eigenvalue weighted by Crippen LogP contribution is 2.17. The van der Waals surface area contributed by atoms with Crippen LogP contribution >= 0.6 is 11.3 Å². The number of nitrogens with one attached hydrogen (secondary N) is 2. The highest BCUT2D eigenvalue weighted by atomic mass is 32.1. The van der Waals surface area contributed by atoms with Gasteiger partial charge < -0.3 is 10.6 Å². The van der Waals surface area contributed by atoms with E-state index in [1.54, 1.807) is 0 Å². The molecule has 1 aromatic rings. The molecule has 16 heavy (non-hydrogen) atoms. The zero-order valence-corrected chi connectivity index (χ0v) is 10.1. The molecule has 0 radical (unpaired) electrons. The molecule has 1 aliphatic rings. The van der Waals surface area contributed by atoms with Gasteiger partial charge in [-0.15, -0.1) is 10.2 Å². The Morgan fingerprint density at radius 1 is 1.62 bits per heavy atom. The molecule has 2 N–H and O–H groups in total. The van der Waals surface area contributed by atoms with E-state index in [0.29, 0.717) is 17.5 Å². The summed E-state index contributed by atoms with van der Waals surface area (Å²) >= 11 is 1.45. The molecule has 0 aromatic carbocycles. The number of nitrogens with zero attached hydrogens (tertiary/aromatic N) is 2. The van der Waals surface area contributed by atoms with Gasteiger partial charge in [0, 0.05) is 6.42 Å². The highest BCUT2D eigenvalue weighted by molar-refractivity contribution is 7.15. The quantitative estimate of drug-likeness (QED) is 0.825. The zero-order chi connectivity index (χ0) is 11.4. The summed E-state index contributed by atoms with van der Waals surface area (Å²) in [6.07, 6.45) is 2.53. The fourth-order valence-electron chi connectivity index (χ4n) is 1.77. The number of rotatable bonds is 4. The van der Waals surface area contributed by atoms with E-state index in [2.05, 4.69) is 20.8 Å². The molecule has 88 valence electrons. The van der Waals surface area contributed by atoms with Crippen molar-refractivity contribution >= 4 is 22.4 Å². The lowest BCUT2D eigenvalue weighted by Crippen LogP contribution is -2.18. The number of amides is 1. The van der Waals surface area contributed by atoms with Crippen LogP contribution in [0.25, 0.3) is 0 Å². The van der Waals surface area contributed by atoms with Crippen molar-refractivity contribution in [1.82, 2.24) is 15.5 Å². The van der Waals surface area contributed by atoms with Gasteiger partial charge in [0.25, 0.3) is 0 Å². The highest BCUT2D eigenvalue weighted by Gasteiger charge is 2.18. The second-order valence-corrected chi connectivity index (χ2v) is 5.03. The van der Waals surface area contributed by atoms with E-state index in [0.717, 1.165) is 30.9 Å². The average Bonchev–Trinajstić information content (AvgIpc) is 2.89. The minimum atomic E-state index is 0.0486. The molecule has 1 unspecified atom stereocenters. The maximum atomic E-state index is 11.7. The predicted molar refractivity (Wildman–Crippen MR) is 63.5 cm³/mol. The molecule has 1 aromatic heterocycles. The molecule has 0 bridgehead atoms. The van der Waals surface area contributed by atoms with Gasteiger partial charge in [0.1, 0.15) is 5.01 Å². The topological polar surface area (TPSA) is 66.9 Å². The molecule has 0 aliphatic carbocycles. The van der Waals surface area contributed by atoms with Crippen LogP contribution in [0.1, 0.15) is 24.8 Å². The van der Waals surface area contributed by atoms with Gasteiger partial charge in [-0.1, -0.05) is 18.3 Å². The summed E-state index contributed by atoms with van der Waals surface area (Å²) in [5, 5.41) is 15.5. The van der Waals surface area contributed by atoms with Crippen LogP contribution in [0.5, 0.6) is 0 Å². The second-order valence-electron chi connectivity index (χ2n) is 3.97. The largest absolute Gasteiger partial charge is 0.316 e. The number of aromatic nitrogens is 2. The lowest BCUT2D eigenvalue weighted by Gasteiger charge is -2.06. The lowest BCUT2D eigenvalue weighted by atomic mass is 10.1. The third-order valence-corrected chi connectivity index (χ3v) is 3.64. The van der Waals surface area contributed by atoms with Crippen LogP contribution < -0.4 is 10.6 Å². The third-order valence-electron chi connectivity index (χ3n) is 2.65. The van der Waals surface area contributed by atoms with Crippen molar-refractivity contribution in [2.75, 3.05) is 18.4 Å². The molecule has 5 nitrogen and oxygen atoms in total. The van der Waals surface area contributed by atoms with Crippen LogP contribution in [0.15, 0.2) is 0 Å². The normalized spacial score (nSPS) is 19.9. The average molecular weight is 240 g/mol. The van der Waals surface area contributed by atoms with E-state index in [4.69, 9.17) is 0 Å². The smallest absolute Gasteiger partial charge is 0.226 e. The van der Waals surface area contributed by atoms with Crippen LogP contribution in [0.4, 0.5) is 5.13 Å². The molecule has 1 aliphatic heterocycles. The van der Waals surface area contributed by atoms with Crippen molar-refractivity contribution in [3.05, 3.63) is 5.01 Å². The first-order valence-electron chi connectivity index (χ1n) is 5.61. The van der Waals surface area contributed by atoms with E-state index in [9.17, 15) is 4.79 Å². The van der Waals surface area contributed by atoms with Gasteiger partial charge in [-0.25, -0.2) is 0 Å². The summed E-state index contributed by atoms with van der Waals surface area (Å²) in [7, 11) is 0. The molecule has 1 saturated heterocycles. The number of carbonyl (C=O) groups is 1. The Labute approximate surface area is 98.7 Å². The van der Waals surface area contributed by atoms with Crippen molar-refractivity contribution in [1.29, 1.82) is 0 Å². The van der Waals surface area contributed by atoms with E-state index >= 15 is 0 Å². The fourth-order valence-corrected chi connectivity index (χ4v) is 2.46. The molecule has 1 atom stereocenters. The number of carbonyl (C=O) groups excluding carboxylic acids is 1. The van der Waals surface area contributed by atoms with E-state index < -0.39 is 0 Å². The Balaban J connectivity index is 1.81. The molecular formula is C10H16N4OS. The van der Waals surface area contributed by atoms with Crippen LogP contribution in [-0.4, -0.2) is 29.2 Å². The van der Waals surface area contributed by atoms with Crippen LogP contribution in [0.3, 0.4) is 0 Å². The molecule has 1 amide bonds. The monoisotopic (exact) mass is 240 g/mol. The summed E-state index contributed by atoms with van der Waals surface area (Å²) in [5.74, 6) is 0.520. The summed E-state index contributed by atoms with van der Waals surface area (Å²) in [6.45, 7) is 4.00. The second kappa shape index (κ2) is 5.36. The van der Waals surface area contributed by atoms with Gasteiger partial charge in [0.05, 0.1) is 0 Å². The first-order valence-corrected chi connectivity index (χ1v) is 6.42. The minimum absolute atomic E-state index is 0.0486. The van der Waals surface area contributed by atoms with Crippen LogP contribution in [-0.2, 0) is 11.2 Å². The number of anilines is 1. The van der Waals surface area contributed by atoms with Gasteiger partial charge in [-0.2, -0.15) is 0 Å². The summed E-state index contributed by atoms with van der Waals surface area (Å²) in [6, 6.07) is 0. The van der Waals surface area contributed by atoms with E-state index in [1.807, 2.05) is 6.92 Å². The summed E-state index contributed by atoms with van der Waals surface area (Å²) in [5.41, 5.74) is 0. The molecule has 0 saturated carbocycles. The molecule has 6 heteroatoms. The van der Waals surface area contributed by atoms with Crippen molar-refractivity contribution in [2.24, 2.45) is 5.92 Å². The standard InChI is InChI=1S/C10H16N4OS/c1-2-9-13-14-10(16-9)12-8(15)5-7-3-4-11-6-7/h7,11H,2-6H2,1H3,(H,12,14,15). The first-order chi connectivity index (χ1) is 7.78. The van der Waals surface area contributed by atoms with Crippen molar-refractivity contribution in [3.8, 4) is 0 Å². The van der Waals surface area contributed by atoms with Crippen molar-refractivity contribution < 1.29 is 4.79 Å². The predicted octanol–water partition coefficient (Wildman–Crippen LogP) is 1.04. The maximum Gasteiger partial charge on any atom is 0.226 e. The number of aryl methyl sites for hydroxylation is 1. The lowest BCUT2D eigenvalue weighted by molar-refractivity contribution is -0.116. The van der Waals surface area contributed by atoms with Gasteiger partial charge in [-0.3, -0.25) is 4.79 Å². The van der Waals surface area contributed by atoms with Crippen LogP contribution in [0, 0.1) is 5.92 Å². The fraction of sp³-hybridized carbons (Fsp3) is 0.700. The summed E-state index contributed by atoms with van der Waals surface area (Å²) in [4.78, 5) is 11.7. The molecule has 0 spiro atoms. The minimum Gasteiger partial charge on any atom is -0.316 e. The summed E-state index contributed by atoms with van der Waals surface area (Å²) < 4.78 is 0. The van der Waals surface area contributed by atoms with Gasteiger partial charge >= 0.3 is 0 Å². The van der Waals surface area contributed by atoms with E-state index in [1.165, 1.54) is 11.3 Å². The molecule has 2 rings (SSSR count). The Bertz CT molecular complexity index is 359. The van der Waals surface area contributed by atoms with Crippen molar-refractivity contribution in [3.63, 3.8) is 0 Å². The molecular weight excluding hydrogens is 224 g/mol. The third kappa shape index (κ3) is 2.99. The Hall–Kier alpha value is -1.01. The molecule has 2 heterocycles. The van der Waals surface area contributed by atoms with Crippen molar-refractivity contribution in [2.45, 2.75) is 26.2 Å². The Morgan fingerprint density at radius 2 is 2.50 bits per heavy atom. The van der Waals surface area contributed by atoms with Gasteiger partial charge in [0.15, 0.2) is 0 Å². The van der Waals surface area contributed by atoms with E-state index in [-0.39, 0.29) is 5.91 Å². The number of hydrogen-bond donors (Lipinski definition) is 2. The zero-order valence-electron chi connectivity index (χ0n) is 9.32. The first kappa shape index (κ1) is 11.5.